The standard InChI is InChI=1S/C13H10N4O2S/c18-12(16-13-14-6-7-20-13)15-11-8-10(19-17-11)9-4-2-1-3-5-9/h1-8H,(H2,14,15,16,17,18). The highest BCUT2D eigenvalue weighted by Crippen LogP contribution is 2.22. The van der Waals surface area contributed by atoms with E-state index < -0.39 is 6.03 Å². The minimum Gasteiger partial charge on any atom is -0.354 e. The second-order valence-corrected chi connectivity index (χ2v) is 4.75. The molecule has 0 bridgehead atoms. The van der Waals surface area contributed by atoms with E-state index in [0.717, 1.165) is 5.56 Å². The van der Waals surface area contributed by atoms with E-state index in [0.29, 0.717) is 16.7 Å². The third-order valence-electron chi connectivity index (χ3n) is 2.46. The molecule has 20 heavy (non-hydrogen) atoms. The molecule has 2 amide bonds. The summed E-state index contributed by atoms with van der Waals surface area (Å²) in [5.74, 6) is 0.938. The zero-order valence-corrected chi connectivity index (χ0v) is 11.1. The number of nitrogens with one attached hydrogen (secondary N) is 2. The number of hydrogen-bond acceptors (Lipinski definition) is 5. The fourth-order valence-corrected chi connectivity index (χ4v) is 2.13. The number of hydrogen-bond donors (Lipinski definition) is 2. The van der Waals surface area contributed by atoms with Gasteiger partial charge in [0.25, 0.3) is 0 Å². The molecule has 0 aliphatic rings. The lowest BCUT2D eigenvalue weighted by molar-refractivity contribution is 0.262. The van der Waals surface area contributed by atoms with Crippen molar-refractivity contribution in [3.63, 3.8) is 0 Å². The smallest absolute Gasteiger partial charge is 0.326 e. The highest BCUT2D eigenvalue weighted by atomic mass is 32.1. The van der Waals surface area contributed by atoms with E-state index in [1.54, 1.807) is 17.6 Å². The molecule has 1 aromatic carbocycles. The minimum atomic E-state index is -0.409. The highest BCUT2D eigenvalue weighted by molar-refractivity contribution is 7.13. The predicted molar refractivity (Wildman–Crippen MR) is 76.7 cm³/mol. The Bertz CT molecular complexity index is 694. The van der Waals surface area contributed by atoms with Crippen LogP contribution >= 0.6 is 11.3 Å². The molecule has 0 unspecified atom stereocenters. The molecule has 3 rings (SSSR count). The van der Waals surface area contributed by atoms with Crippen LogP contribution in [0, 0.1) is 0 Å². The van der Waals surface area contributed by atoms with Crippen LogP contribution < -0.4 is 10.6 Å². The van der Waals surface area contributed by atoms with Crippen molar-refractivity contribution in [2.45, 2.75) is 0 Å². The minimum absolute atomic E-state index is 0.345. The molecule has 2 heterocycles. The third-order valence-corrected chi connectivity index (χ3v) is 3.15. The van der Waals surface area contributed by atoms with Gasteiger partial charge in [-0.25, -0.2) is 9.78 Å². The van der Waals surface area contributed by atoms with Crippen LogP contribution in [0.25, 0.3) is 11.3 Å². The second kappa shape index (κ2) is 5.54. The monoisotopic (exact) mass is 286 g/mol. The Kier molecular flexibility index (Phi) is 3.42. The molecular weight excluding hydrogens is 276 g/mol. The molecule has 2 aromatic heterocycles. The summed E-state index contributed by atoms with van der Waals surface area (Å²) in [6.45, 7) is 0. The van der Waals surface area contributed by atoms with E-state index in [-0.39, 0.29) is 0 Å². The molecular formula is C13H10N4O2S. The molecule has 2 N–H and O–H groups in total. The maximum Gasteiger partial charge on any atom is 0.326 e. The average Bonchev–Trinajstić information content (AvgIpc) is 3.11. The first-order chi connectivity index (χ1) is 9.81. The molecule has 0 aliphatic carbocycles. The fraction of sp³-hybridized carbons (Fsp3) is 0. The van der Waals surface area contributed by atoms with E-state index in [2.05, 4.69) is 20.8 Å². The Balaban J connectivity index is 1.67. The molecule has 3 aromatic rings. The average molecular weight is 286 g/mol. The Hall–Kier alpha value is -2.67. The maximum atomic E-state index is 11.7. The Labute approximate surface area is 118 Å². The van der Waals surface area contributed by atoms with Crippen LogP contribution in [0.5, 0.6) is 0 Å². The first kappa shape index (κ1) is 12.4. The van der Waals surface area contributed by atoms with Gasteiger partial charge in [-0.3, -0.25) is 10.6 Å². The van der Waals surface area contributed by atoms with Crippen LogP contribution in [0.15, 0.2) is 52.5 Å². The van der Waals surface area contributed by atoms with E-state index in [1.165, 1.54) is 11.3 Å². The van der Waals surface area contributed by atoms with Gasteiger partial charge in [0.15, 0.2) is 16.7 Å². The van der Waals surface area contributed by atoms with Crippen LogP contribution in [-0.4, -0.2) is 16.2 Å². The largest absolute Gasteiger partial charge is 0.354 e. The summed E-state index contributed by atoms with van der Waals surface area (Å²) < 4.78 is 5.18. The first-order valence-corrected chi connectivity index (χ1v) is 6.69. The van der Waals surface area contributed by atoms with Crippen LogP contribution in [-0.2, 0) is 0 Å². The molecule has 100 valence electrons. The van der Waals surface area contributed by atoms with E-state index in [1.807, 2.05) is 30.3 Å². The lowest BCUT2D eigenvalue weighted by Crippen LogP contribution is -2.19. The maximum absolute atomic E-state index is 11.7. The number of anilines is 2. The number of carbonyl (C=O) groups excluding carboxylic acids is 1. The number of amides is 2. The molecule has 7 heteroatoms. The lowest BCUT2D eigenvalue weighted by Gasteiger charge is -2.00. The molecule has 0 saturated carbocycles. The van der Waals surface area contributed by atoms with E-state index in [4.69, 9.17) is 4.52 Å². The topological polar surface area (TPSA) is 80.0 Å². The molecule has 0 atom stereocenters. The summed E-state index contributed by atoms with van der Waals surface area (Å²) >= 11 is 1.34. The van der Waals surface area contributed by atoms with Gasteiger partial charge in [0.2, 0.25) is 0 Å². The number of urea groups is 1. The van der Waals surface area contributed by atoms with Gasteiger partial charge in [-0.1, -0.05) is 35.5 Å². The molecule has 0 fully saturated rings. The van der Waals surface area contributed by atoms with Crippen LogP contribution in [0.2, 0.25) is 0 Å². The summed E-state index contributed by atoms with van der Waals surface area (Å²) in [7, 11) is 0. The van der Waals surface area contributed by atoms with Crippen molar-refractivity contribution in [2.24, 2.45) is 0 Å². The Morgan fingerprint density at radius 1 is 1.20 bits per heavy atom. The van der Waals surface area contributed by atoms with Crippen molar-refractivity contribution in [1.29, 1.82) is 0 Å². The van der Waals surface area contributed by atoms with Gasteiger partial charge in [-0.15, -0.1) is 11.3 Å². The van der Waals surface area contributed by atoms with Crippen molar-refractivity contribution in [1.82, 2.24) is 10.1 Å². The lowest BCUT2D eigenvalue weighted by atomic mass is 10.2. The Morgan fingerprint density at radius 3 is 2.80 bits per heavy atom. The summed E-state index contributed by atoms with van der Waals surface area (Å²) in [6.07, 6.45) is 1.61. The molecule has 0 radical (unpaired) electrons. The van der Waals surface area contributed by atoms with Gasteiger partial charge in [-0.05, 0) is 0 Å². The number of aromatic nitrogens is 2. The predicted octanol–water partition coefficient (Wildman–Crippen LogP) is 3.44. The van der Waals surface area contributed by atoms with Gasteiger partial charge in [0, 0.05) is 23.2 Å². The molecule has 0 saturated heterocycles. The van der Waals surface area contributed by atoms with Crippen molar-refractivity contribution >= 4 is 28.3 Å². The van der Waals surface area contributed by atoms with Gasteiger partial charge in [-0.2, -0.15) is 0 Å². The number of benzene rings is 1. The SMILES string of the molecule is O=C(Nc1cc(-c2ccccc2)on1)Nc1nccs1. The number of carbonyl (C=O) groups is 1. The van der Waals surface area contributed by atoms with E-state index >= 15 is 0 Å². The van der Waals surface area contributed by atoms with Crippen LogP contribution in [0.3, 0.4) is 0 Å². The summed E-state index contributed by atoms with van der Waals surface area (Å²) in [6, 6.07) is 10.8. The first-order valence-electron chi connectivity index (χ1n) is 5.81. The summed E-state index contributed by atoms with van der Waals surface area (Å²) in [5.41, 5.74) is 0.897. The number of rotatable bonds is 3. The zero-order valence-electron chi connectivity index (χ0n) is 10.2. The number of nitrogens with zero attached hydrogens (tertiary/aromatic N) is 2. The summed E-state index contributed by atoms with van der Waals surface area (Å²) in [4.78, 5) is 15.6. The third kappa shape index (κ3) is 2.83. The van der Waals surface area contributed by atoms with Gasteiger partial charge >= 0.3 is 6.03 Å². The highest BCUT2D eigenvalue weighted by Gasteiger charge is 2.10. The number of thiazole rings is 1. The normalized spacial score (nSPS) is 10.2. The van der Waals surface area contributed by atoms with Gasteiger partial charge in [0.05, 0.1) is 0 Å². The van der Waals surface area contributed by atoms with Crippen LogP contribution in [0.4, 0.5) is 15.7 Å². The van der Waals surface area contributed by atoms with Crippen molar-refractivity contribution in [3.05, 3.63) is 48.0 Å². The summed E-state index contributed by atoms with van der Waals surface area (Å²) in [5, 5.41) is 11.3. The fourth-order valence-electron chi connectivity index (χ4n) is 1.60. The molecule has 6 nitrogen and oxygen atoms in total. The quantitative estimate of drug-likeness (QED) is 0.773. The Morgan fingerprint density at radius 2 is 2.05 bits per heavy atom. The molecule has 0 spiro atoms. The van der Waals surface area contributed by atoms with Crippen molar-refractivity contribution in [3.8, 4) is 11.3 Å². The zero-order chi connectivity index (χ0) is 13.8. The molecule has 0 aliphatic heterocycles. The van der Waals surface area contributed by atoms with Crippen molar-refractivity contribution < 1.29 is 9.32 Å². The van der Waals surface area contributed by atoms with Gasteiger partial charge < -0.3 is 4.52 Å². The van der Waals surface area contributed by atoms with Crippen LogP contribution in [0.1, 0.15) is 0 Å². The second-order valence-electron chi connectivity index (χ2n) is 3.86. The van der Waals surface area contributed by atoms with Gasteiger partial charge in [0.1, 0.15) is 0 Å². The van der Waals surface area contributed by atoms with E-state index in [9.17, 15) is 4.79 Å². The van der Waals surface area contributed by atoms with Crippen molar-refractivity contribution in [2.75, 3.05) is 10.6 Å².